The van der Waals surface area contributed by atoms with Crippen molar-refractivity contribution in [3.05, 3.63) is 17.8 Å². The molecule has 1 aromatic heterocycles. The van der Waals surface area contributed by atoms with E-state index in [-0.39, 0.29) is 17.8 Å². The van der Waals surface area contributed by atoms with Crippen molar-refractivity contribution >= 4 is 17.5 Å². The summed E-state index contributed by atoms with van der Waals surface area (Å²) in [4.78, 5) is 14.9. The molecule has 1 heterocycles. The van der Waals surface area contributed by atoms with Crippen molar-refractivity contribution in [2.75, 3.05) is 5.88 Å². The summed E-state index contributed by atoms with van der Waals surface area (Å²) < 4.78 is 5.22. The van der Waals surface area contributed by atoms with Crippen LogP contribution in [0.3, 0.4) is 0 Å². The minimum Gasteiger partial charge on any atom is -0.444 e. The lowest BCUT2D eigenvalue weighted by atomic mass is 10.3. The maximum Gasteiger partial charge on any atom is 0.235 e. The maximum atomic E-state index is 10.9. The Hall–Kier alpha value is -1.03. The van der Waals surface area contributed by atoms with Crippen molar-refractivity contribution in [3.63, 3.8) is 0 Å². The van der Waals surface area contributed by atoms with E-state index in [1.807, 2.05) is 0 Å². The zero-order chi connectivity index (χ0) is 9.84. The largest absolute Gasteiger partial charge is 0.444 e. The first-order valence-corrected chi connectivity index (χ1v) is 4.44. The van der Waals surface area contributed by atoms with Gasteiger partial charge in [0, 0.05) is 0 Å². The van der Waals surface area contributed by atoms with Gasteiger partial charge in [-0.2, -0.15) is 0 Å². The topological polar surface area (TPSA) is 55.1 Å². The summed E-state index contributed by atoms with van der Waals surface area (Å²) in [6.45, 7) is 3.59. The van der Waals surface area contributed by atoms with Gasteiger partial charge in [0.15, 0.2) is 0 Å². The van der Waals surface area contributed by atoms with Gasteiger partial charge in [0.05, 0.1) is 6.20 Å². The number of hydrogen-bond acceptors (Lipinski definition) is 3. The third-order valence-electron chi connectivity index (χ3n) is 1.51. The van der Waals surface area contributed by atoms with E-state index in [1.165, 1.54) is 0 Å². The van der Waals surface area contributed by atoms with Gasteiger partial charge in [-0.1, -0.05) is 0 Å². The second-order valence-electron chi connectivity index (χ2n) is 2.73. The fourth-order valence-electron chi connectivity index (χ4n) is 0.914. The van der Waals surface area contributed by atoms with Crippen LogP contribution in [-0.4, -0.2) is 16.8 Å². The van der Waals surface area contributed by atoms with Crippen LogP contribution in [-0.2, 0) is 4.79 Å². The lowest BCUT2D eigenvalue weighted by Gasteiger charge is -2.07. The Morgan fingerprint density at radius 1 is 1.85 bits per heavy atom. The molecular formula is C8H11ClN2O2. The van der Waals surface area contributed by atoms with E-state index < -0.39 is 0 Å². The summed E-state index contributed by atoms with van der Waals surface area (Å²) in [5.74, 6) is 0.937. The van der Waals surface area contributed by atoms with Gasteiger partial charge in [0.1, 0.15) is 17.7 Å². The van der Waals surface area contributed by atoms with Gasteiger partial charge in [-0.15, -0.1) is 11.6 Å². The molecule has 0 bridgehead atoms. The maximum absolute atomic E-state index is 10.9. The first-order valence-electron chi connectivity index (χ1n) is 3.91. The fourth-order valence-corrected chi connectivity index (χ4v) is 0.991. The number of hydrogen-bond donors (Lipinski definition) is 1. The molecule has 1 N–H and O–H groups in total. The number of nitrogens with one attached hydrogen (secondary N) is 1. The van der Waals surface area contributed by atoms with Gasteiger partial charge >= 0.3 is 0 Å². The molecule has 0 aliphatic heterocycles. The van der Waals surface area contributed by atoms with E-state index in [0.29, 0.717) is 5.89 Å². The Balaban J connectivity index is 2.58. The number of oxazole rings is 1. The van der Waals surface area contributed by atoms with Crippen LogP contribution in [0.1, 0.15) is 24.6 Å². The molecule has 1 rings (SSSR count). The van der Waals surface area contributed by atoms with Crippen LogP contribution in [0.5, 0.6) is 0 Å². The number of carbonyl (C=O) groups is 1. The van der Waals surface area contributed by atoms with E-state index in [0.717, 1.165) is 5.76 Å². The van der Waals surface area contributed by atoms with Gasteiger partial charge in [-0.25, -0.2) is 4.98 Å². The molecule has 1 amide bonds. The van der Waals surface area contributed by atoms with Gasteiger partial charge in [0.2, 0.25) is 11.8 Å². The molecule has 0 fully saturated rings. The summed E-state index contributed by atoms with van der Waals surface area (Å²) in [5, 5.41) is 2.63. The van der Waals surface area contributed by atoms with Crippen molar-refractivity contribution < 1.29 is 9.21 Å². The van der Waals surface area contributed by atoms with Crippen LogP contribution in [0.15, 0.2) is 10.6 Å². The number of alkyl halides is 1. The van der Waals surface area contributed by atoms with Crippen LogP contribution in [0.4, 0.5) is 0 Å². The molecule has 4 nitrogen and oxygen atoms in total. The lowest BCUT2D eigenvalue weighted by Crippen LogP contribution is -2.27. The molecule has 0 saturated heterocycles. The zero-order valence-corrected chi connectivity index (χ0v) is 8.26. The number of halogens is 1. The van der Waals surface area contributed by atoms with Crippen LogP contribution in [0.25, 0.3) is 0 Å². The van der Waals surface area contributed by atoms with Crippen LogP contribution in [0.2, 0.25) is 0 Å². The molecule has 13 heavy (non-hydrogen) atoms. The Kier molecular flexibility index (Phi) is 3.31. The van der Waals surface area contributed by atoms with Gasteiger partial charge < -0.3 is 9.73 Å². The molecule has 0 aliphatic rings. The molecule has 1 aromatic rings. The van der Waals surface area contributed by atoms with Crippen molar-refractivity contribution in [1.29, 1.82) is 0 Å². The van der Waals surface area contributed by atoms with E-state index in [1.54, 1.807) is 20.0 Å². The Morgan fingerprint density at radius 3 is 3.00 bits per heavy atom. The Bertz CT molecular complexity index is 298. The van der Waals surface area contributed by atoms with E-state index in [9.17, 15) is 4.79 Å². The highest BCUT2D eigenvalue weighted by Gasteiger charge is 2.12. The van der Waals surface area contributed by atoms with Crippen molar-refractivity contribution in [2.45, 2.75) is 19.9 Å². The average Bonchev–Trinajstić information content (AvgIpc) is 2.51. The molecule has 0 saturated carbocycles. The highest BCUT2D eigenvalue weighted by atomic mass is 35.5. The smallest absolute Gasteiger partial charge is 0.235 e. The number of amides is 1. The third-order valence-corrected chi connectivity index (χ3v) is 1.75. The Labute approximate surface area is 81.3 Å². The lowest BCUT2D eigenvalue weighted by molar-refractivity contribution is -0.119. The third kappa shape index (κ3) is 2.73. The monoisotopic (exact) mass is 202 g/mol. The zero-order valence-electron chi connectivity index (χ0n) is 7.50. The predicted molar refractivity (Wildman–Crippen MR) is 48.5 cm³/mol. The molecule has 5 heteroatoms. The number of rotatable bonds is 3. The molecule has 72 valence electrons. The molecule has 0 spiro atoms. The second-order valence-corrected chi connectivity index (χ2v) is 3.00. The quantitative estimate of drug-likeness (QED) is 0.754. The summed E-state index contributed by atoms with van der Waals surface area (Å²) in [6.07, 6.45) is 1.61. The van der Waals surface area contributed by atoms with Crippen LogP contribution < -0.4 is 5.32 Å². The second kappa shape index (κ2) is 4.28. The molecule has 0 radical (unpaired) electrons. The Morgan fingerprint density at radius 2 is 2.54 bits per heavy atom. The van der Waals surface area contributed by atoms with E-state index in [4.69, 9.17) is 16.0 Å². The van der Waals surface area contributed by atoms with E-state index >= 15 is 0 Å². The summed E-state index contributed by atoms with van der Waals surface area (Å²) >= 11 is 5.33. The van der Waals surface area contributed by atoms with Crippen molar-refractivity contribution in [1.82, 2.24) is 10.3 Å². The highest BCUT2D eigenvalue weighted by Crippen LogP contribution is 2.11. The normalized spacial score (nSPS) is 12.5. The van der Waals surface area contributed by atoms with Crippen LogP contribution >= 0.6 is 11.6 Å². The fraction of sp³-hybridized carbons (Fsp3) is 0.500. The molecule has 0 aromatic carbocycles. The van der Waals surface area contributed by atoms with Crippen LogP contribution in [0, 0.1) is 6.92 Å². The summed E-state index contributed by atoms with van der Waals surface area (Å²) in [6, 6.07) is -0.236. The predicted octanol–water partition coefficient (Wildman–Crippen LogP) is 1.40. The molecule has 1 unspecified atom stereocenters. The first-order chi connectivity index (χ1) is 6.13. The minimum absolute atomic E-state index is 0.0516. The molecular weight excluding hydrogens is 192 g/mol. The standard InChI is InChI=1S/C8H11ClN2O2/c1-5-4-10-8(13-5)6(2)11-7(12)3-9/h4,6H,3H2,1-2H3,(H,11,12). The molecule has 0 aliphatic carbocycles. The average molecular weight is 203 g/mol. The molecule has 1 atom stereocenters. The summed E-state index contributed by atoms with van der Waals surface area (Å²) in [5.41, 5.74) is 0. The minimum atomic E-state index is -0.236. The highest BCUT2D eigenvalue weighted by molar-refractivity contribution is 6.27. The van der Waals surface area contributed by atoms with Gasteiger partial charge in [0.25, 0.3) is 0 Å². The van der Waals surface area contributed by atoms with Crippen molar-refractivity contribution in [3.8, 4) is 0 Å². The first kappa shape index (κ1) is 10.1. The van der Waals surface area contributed by atoms with Gasteiger partial charge in [-0.05, 0) is 13.8 Å². The van der Waals surface area contributed by atoms with Crippen molar-refractivity contribution in [2.24, 2.45) is 0 Å². The number of nitrogens with zero attached hydrogens (tertiary/aromatic N) is 1. The summed E-state index contributed by atoms with van der Waals surface area (Å²) in [7, 11) is 0. The van der Waals surface area contributed by atoms with E-state index in [2.05, 4.69) is 10.3 Å². The number of aryl methyl sites for hydroxylation is 1. The van der Waals surface area contributed by atoms with Gasteiger partial charge in [-0.3, -0.25) is 4.79 Å². The SMILES string of the molecule is Cc1cnc(C(C)NC(=O)CCl)o1. The number of carbonyl (C=O) groups excluding carboxylic acids is 1. The number of aromatic nitrogens is 1.